The van der Waals surface area contributed by atoms with Crippen molar-refractivity contribution in [1.82, 2.24) is 8.61 Å². The number of hydrogen-bond acceptors (Lipinski definition) is 5. The SMILES string of the molecule is CS(=O)(=O)N1CCN(c2ccc(CN(CC(F)(F)F)S(=O)(=O)Cc3ccccc3)c(F)c2)CC1. The molecule has 13 heteroatoms. The van der Waals surface area contributed by atoms with Gasteiger partial charge in [-0.25, -0.2) is 21.2 Å². The first-order valence-electron chi connectivity index (χ1n) is 10.3. The predicted octanol–water partition coefficient (Wildman–Crippen LogP) is 2.80. The van der Waals surface area contributed by atoms with Crippen LogP contribution in [0.4, 0.5) is 23.2 Å². The van der Waals surface area contributed by atoms with Crippen molar-refractivity contribution >= 4 is 25.7 Å². The molecule has 7 nitrogen and oxygen atoms in total. The number of piperazine rings is 1. The molecule has 34 heavy (non-hydrogen) atoms. The van der Waals surface area contributed by atoms with E-state index in [1.54, 1.807) is 23.1 Å². The van der Waals surface area contributed by atoms with Crippen LogP contribution in [0, 0.1) is 5.82 Å². The summed E-state index contributed by atoms with van der Waals surface area (Å²) in [5.74, 6) is -1.49. The highest BCUT2D eigenvalue weighted by atomic mass is 32.2. The molecule has 0 aliphatic carbocycles. The first-order valence-corrected chi connectivity index (χ1v) is 13.8. The van der Waals surface area contributed by atoms with E-state index in [1.165, 1.54) is 28.6 Å². The zero-order chi connectivity index (χ0) is 25.1. The van der Waals surface area contributed by atoms with Crippen LogP contribution in [0.5, 0.6) is 0 Å². The lowest BCUT2D eigenvalue weighted by molar-refractivity contribution is -0.137. The van der Waals surface area contributed by atoms with Crippen LogP contribution in [0.15, 0.2) is 48.5 Å². The lowest BCUT2D eigenvalue weighted by Crippen LogP contribution is -2.48. The number of sulfonamides is 2. The molecule has 0 unspecified atom stereocenters. The molecule has 0 bridgehead atoms. The number of benzene rings is 2. The van der Waals surface area contributed by atoms with Crippen molar-refractivity contribution in [3.05, 3.63) is 65.5 Å². The first-order chi connectivity index (χ1) is 15.7. The normalized spacial score (nSPS) is 16.2. The summed E-state index contributed by atoms with van der Waals surface area (Å²) in [4.78, 5) is 1.76. The molecule has 2 aromatic rings. The van der Waals surface area contributed by atoms with Gasteiger partial charge in [-0.3, -0.25) is 0 Å². The summed E-state index contributed by atoms with van der Waals surface area (Å²) >= 11 is 0. The Morgan fingerprint density at radius 2 is 1.56 bits per heavy atom. The molecule has 1 saturated heterocycles. The van der Waals surface area contributed by atoms with E-state index in [4.69, 9.17) is 0 Å². The standard InChI is InChI=1S/C21H25F4N3O4S2/c1-33(29,30)27-11-9-26(10-12-27)19-8-7-18(20(22)13-19)14-28(16-21(23,24)25)34(31,32)15-17-5-3-2-4-6-17/h2-8,13H,9-12,14-16H2,1H3. The van der Waals surface area contributed by atoms with Crippen LogP contribution in [0.2, 0.25) is 0 Å². The Morgan fingerprint density at radius 1 is 0.941 bits per heavy atom. The van der Waals surface area contributed by atoms with Gasteiger partial charge in [-0.05, 0) is 17.7 Å². The minimum atomic E-state index is -4.81. The van der Waals surface area contributed by atoms with Crippen molar-refractivity contribution in [2.75, 3.05) is 43.9 Å². The molecule has 0 atom stereocenters. The first kappa shape index (κ1) is 26.4. The molecule has 2 aromatic carbocycles. The van der Waals surface area contributed by atoms with Crippen LogP contribution >= 0.6 is 0 Å². The van der Waals surface area contributed by atoms with Gasteiger partial charge in [-0.1, -0.05) is 36.4 Å². The van der Waals surface area contributed by atoms with Gasteiger partial charge in [0.2, 0.25) is 20.0 Å². The van der Waals surface area contributed by atoms with Gasteiger partial charge in [-0.15, -0.1) is 0 Å². The Hall–Kier alpha value is -2.22. The highest BCUT2D eigenvalue weighted by Gasteiger charge is 2.37. The number of nitrogens with zero attached hydrogens (tertiary/aromatic N) is 3. The van der Waals surface area contributed by atoms with E-state index in [0.717, 1.165) is 12.3 Å². The number of anilines is 1. The van der Waals surface area contributed by atoms with Crippen molar-refractivity contribution in [3.63, 3.8) is 0 Å². The maximum Gasteiger partial charge on any atom is 0.402 e. The Balaban J connectivity index is 1.78. The summed E-state index contributed by atoms with van der Waals surface area (Å²) in [5, 5.41) is 0. The molecule has 1 aliphatic heterocycles. The lowest BCUT2D eigenvalue weighted by Gasteiger charge is -2.35. The fourth-order valence-electron chi connectivity index (χ4n) is 3.66. The number of rotatable bonds is 8. The molecule has 0 saturated carbocycles. The van der Waals surface area contributed by atoms with Crippen molar-refractivity contribution in [2.24, 2.45) is 0 Å². The third-order valence-corrected chi connectivity index (χ3v) is 8.44. The maximum atomic E-state index is 14.8. The van der Waals surface area contributed by atoms with E-state index in [1.807, 2.05) is 0 Å². The molecule has 0 amide bonds. The minimum Gasteiger partial charge on any atom is -0.369 e. The summed E-state index contributed by atoms with van der Waals surface area (Å²) in [7, 11) is -7.73. The second-order valence-corrected chi connectivity index (χ2v) is 12.0. The Bertz CT molecular complexity index is 1200. The molecule has 0 radical (unpaired) electrons. The second-order valence-electron chi connectivity index (χ2n) is 8.05. The van der Waals surface area contributed by atoms with Gasteiger partial charge < -0.3 is 4.90 Å². The Morgan fingerprint density at radius 3 is 2.09 bits per heavy atom. The number of hydrogen-bond donors (Lipinski definition) is 0. The topological polar surface area (TPSA) is 78.0 Å². The molecule has 3 rings (SSSR count). The largest absolute Gasteiger partial charge is 0.402 e. The van der Waals surface area contributed by atoms with Gasteiger partial charge in [0.15, 0.2) is 0 Å². The lowest BCUT2D eigenvalue weighted by atomic mass is 10.1. The van der Waals surface area contributed by atoms with Crippen molar-refractivity contribution < 1.29 is 34.4 Å². The van der Waals surface area contributed by atoms with Crippen LogP contribution < -0.4 is 4.90 Å². The van der Waals surface area contributed by atoms with Gasteiger partial charge >= 0.3 is 6.18 Å². The molecule has 188 valence electrons. The average molecular weight is 524 g/mol. The second kappa shape index (κ2) is 10.2. The minimum absolute atomic E-state index is 0.195. The van der Waals surface area contributed by atoms with Crippen LogP contribution in [-0.2, 0) is 32.3 Å². The van der Waals surface area contributed by atoms with Gasteiger partial charge in [0.25, 0.3) is 0 Å². The smallest absolute Gasteiger partial charge is 0.369 e. The molecule has 1 heterocycles. The van der Waals surface area contributed by atoms with E-state index in [2.05, 4.69) is 0 Å². The van der Waals surface area contributed by atoms with Gasteiger partial charge in [0.05, 0.1) is 12.0 Å². The van der Waals surface area contributed by atoms with E-state index in [-0.39, 0.29) is 23.0 Å². The average Bonchev–Trinajstić information content (AvgIpc) is 2.73. The van der Waals surface area contributed by atoms with Crippen LogP contribution in [-0.4, -0.2) is 70.6 Å². The third kappa shape index (κ3) is 7.14. The number of alkyl halides is 3. The fraction of sp³-hybridized carbons (Fsp3) is 0.429. The van der Waals surface area contributed by atoms with Crippen molar-refractivity contribution in [2.45, 2.75) is 18.5 Å². The van der Waals surface area contributed by atoms with Crippen LogP contribution in [0.1, 0.15) is 11.1 Å². The molecule has 1 aliphatic rings. The molecular formula is C21H25F4N3O4S2. The summed E-state index contributed by atoms with van der Waals surface area (Å²) in [6, 6.07) is 11.7. The molecule has 1 fully saturated rings. The fourth-order valence-corrected chi connectivity index (χ4v) is 5.96. The van der Waals surface area contributed by atoms with Crippen LogP contribution in [0.3, 0.4) is 0 Å². The Labute approximate surface area is 196 Å². The summed E-state index contributed by atoms with van der Waals surface area (Å²) in [6.45, 7) is -1.44. The van der Waals surface area contributed by atoms with E-state index in [0.29, 0.717) is 24.3 Å². The maximum absolute atomic E-state index is 14.8. The third-order valence-electron chi connectivity index (χ3n) is 5.40. The van der Waals surface area contributed by atoms with Gasteiger partial charge in [0, 0.05) is 44.0 Å². The van der Waals surface area contributed by atoms with Gasteiger partial charge in [0.1, 0.15) is 12.4 Å². The highest BCUT2D eigenvalue weighted by molar-refractivity contribution is 7.88. The highest BCUT2D eigenvalue weighted by Crippen LogP contribution is 2.26. The zero-order valence-electron chi connectivity index (χ0n) is 18.4. The number of halogens is 4. The zero-order valence-corrected chi connectivity index (χ0v) is 20.0. The van der Waals surface area contributed by atoms with Crippen LogP contribution in [0.25, 0.3) is 0 Å². The summed E-state index contributed by atoms with van der Waals surface area (Å²) < 4.78 is 105. The monoisotopic (exact) mass is 523 g/mol. The molecule has 0 spiro atoms. The predicted molar refractivity (Wildman–Crippen MR) is 121 cm³/mol. The summed E-state index contributed by atoms with van der Waals surface area (Å²) in [6.07, 6.45) is -3.70. The quantitative estimate of drug-likeness (QED) is 0.498. The Kier molecular flexibility index (Phi) is 7.90. The molecule has 0 N–H and O–H groups in total. The molecule has 0 aromatic heterocycles. The van der Waals surface area contributed by atoms with Crippen molar-refractivity contribution in [3.8, 4) is 0 Å². The summed E-state index contributed by atoms with van der Waals surface area (Å²) in [5.41, 5.74) is 0.557. The molecular weight excluding hydrogens is 498 g/mol. The van der Waals surface area contributed by atoms with E-state index in [9.17, 15) is 34.4 Å². The van der Waals surface area contributed by atoms with E-state index < -0.39 is 50.9 Å². The van der Waals surface area contributed by atoms with Crippen molar-refractivity contribution in [1.29, 1.82) is 0 Å². The van der Waals surface area contributed by atoms with E-state index >= 15 is 0 Å². The van der Waals surface area contributed by atoms with Gasteiger partial charge in [-0.2, -0.15) is 21.8 Å².